The van der Waals surface area contributed by atoms with Crippen LogP contribution in [-0.4, -0.2) is 5.91 Å². The Hall–Kier alpha value is -2.09. The number of rotatable bonds is 2. The summed E-state index contributed by atoms with van der Waals surface area (Å²) in [5, 5.41) is 2.98. The first-order valence-electron chi connectivity index (χ1n) is 6.25. The molecule has 0 aliphatic heterocycles. The van der Waals surface area contributed by atoms with Gasteiger partial charge in [0.1, 0.15) is 0 Å². The number of hydrogen-bond donors (Lipinski definition) is 1. The van der Waals surface area contributed by atoms with Crippen molar-refractivity contribution in [2.75, 3.05) is 5.32 Å². The fourth-order valence-corrected chi connectivity index (χ4v) is 2.51. The first-order chi connectivity index (χ1) is 8.83. The van der Waals surface area contributed by atoms with Gasteiger partial charge in [-0.2, -0.15) is 0 Å². The number of carbonyl (C=O) groups excluding carboxylic acids is 1. The minimum absolute atomic E-state index is 0.0719. The molecule has 0 heterocycles. The van der Waals surface area contributed by atoms with E-state index >= 15 is 0 Å². The number of benzene rings is 2. The summed E-state index contributed by atoms with van der Waals surface area (Å²) in [6.07, 6.45) is 1.71. The molecular formula is C16H15NO. The van der Waals surface area contributed by atoms with E-state index in [9.17, 15) is 4.79 Å². The van der Waals surface area contributed by atoms with Crippen molar-refractivity contribution >= 4 is 11.6 Å². The third-order valence-corrected chi connectivity index (χ3v) is 3.46. The summed E-state index contributed by atoms with van der Waals surface area (Å²) < 4.78 is 0. The zero-order valence-corrected chi connectivity index (χ0v) is 10.1. The van der Waals surface area contributed by atoms with Crippen LogP contribution in [0.25, 0.3) is 0 Å². The maximum atomic E-state index is 12.2. The summed E-state index contributed by atoms with van der Waals surface area (Å²) in [6, 6.07) is 17.9. The van der Waals surface area contributed by atoms with Crippen molar-refractivity contribution in [1.29, 1.82) is 0 Å². The number of para-hydroxylation sites is 1. The van der Waals surface area contributed by atoms with Gasteiger partial charge < -0.3 is 5.32 Å². The van der Waals surface area contributed by atoms with Crippen molar-refractivity contribution in [1.82, 2.24) is 0 Å². The van der Waals surface area contributed by atoms with Crippen LogP contribution < -0.4 is 5.32 Å². The van der Waals surface area contributed by atoms with Gasteiger partial charge in [-0.25, -0.2) is 0 Å². The van der Waals surface area contributed by atoms with Gasteiger partial charge in [-0.3, -0.25) is 4.79 Å². The summed E-state index contributed by atoms with van der Waals surface area (Å²) in [4.78, 5) is 12.2. The van der Waals surface area contributed by atoms with Crippen LogP contribution in [0.5, 0.6) is 0 Å². The smallest absolute Gasteiger partial charge is 0.228 e. The first-order valence-corrected chi connectivity index (χ1v) is 6.25. The molecule has 0 saturated heterocycles. The Morgan fingerprint density at radius 2 is 1.44 bits per heavy atom. The standard InChI is InChI=1S/C16H15NO/c18-16(17-15-8-2-1-3-9-15)14-10-12-6-4-5-7-13(12)11-14/h1-9,14H,10-11H2,(H,17,18). The predicted molar refractivity (Wildman–Crippen MR) is 72.4 cm³/mol. The molecule has 2 heteroatoms. The molecule has 1 N–H and O–H groups in total. The van der Waals surface area contributed by atoms with Crippen LogP contribution in [-0.2, 0) is 17.6 Å². The molecule has 0 aromatic heterocycles. The van der Waals surface area contributed by atoms with Gasteiger partial charge in [0.15, 0.2) is 0 Å². The van der Waals surface area contributed by atoms with Crippen molar-refractivity contribution in [3.63, 3.8) is 0 Å². The summed E-state index contributed by atoms with van der Waals surface area (Å²) in [5.41, 5.74) is 3.50. The molecule has 0 atom stereocenters. The zero-order valence-electron chi connectivity index (χ0n) is 10.1. The lowest BCUT2D eigenvalue weighted by molar-refractivity contribution is -0.119. The van der Waals surface area contributed by atoms with E-state index in [0.717, 1.165) is 18.5 Å². The molecule has 0 spiro atoms. The number of hydrogen-bond acceptors (Lipinski definition) is 1. The minimum Gasteiger partial charge on any atom is -0.326 e. The molecule has 0 fully saturated rings. The molecular weight excluding hydrogens is 222 g/mol. The van der Waals surface area contributed by atoms with E-state index in [-0.39, 0.29) is 11.8 Å². The van der Waals surface area contributed by atoms with Crippen molar-refractivity contribution in [3.8, 4) is 0 Å². The second-order valence-corrected chi connectivity index (χ2v) is 4.73. The van der Waals surface area contributed by atoms with E-state index in [2.05, 4.69) is 17.4 Å². The number of amides is 1. The zero-order chi connectivity index (χ0) is 12.4. The average molecular weight is 237 g/mol. The van der Waals surface area contributed by atoms with E-state index in [1.165, 1.54) is 11.1 Å². The molecule has 2 aromatic carbocycles. The molecule has 0 bridgehead atoms. The second kappa shape index (κ2) is 4.65. The Kier molecular flexibility index (Phi) is 2.85. The SMILES string of the molecule is O=C(Nc1ccccc1)C1Cc2ccccc2C1. The third kappa shape index (κ3) is 2.14. The van der Waals surface area contributed by atoms with Gasteiger partial charge in [0.25, 0.3) is 0 Å². The van der Waals surface area contributed by atoms with Crippen molar-refractivity contribution < 1.29 is 4.79 Å². The van der Waals surface area contributed by atoms with Crippen LogP contribution in [0.2, 0.25) is 0 Å². The summed E-state index contributed by atoms with van der Waals surface area (Å²) in [6.45, 7) is 0. The fraction of sp³-hybridized carbons (Fsp3) is 0.188. The molecule has 1 aliphatic rings. The van der Waals surface area contributed by atoms with Crippen LogP contribution in [0, 0.1) is 5.92 Å². The van der Waals surface area contributed by atoms with Crippen molar-refractivity contribution in [2.45, 2.75) is 12.8 Å². The molecule has 90 valence electrons. The molecule has 0 radical (unpaired) electrons. The third-order valence-electron chi connectivity index (χ3n) is 3.46. The van der Waals surface area contributed by atoms with Gasteiger partial charge in [-0.1, -0.05) is 42.5 Å². The van der Waals surface area contributed by atoms with Crippen molar-refractivity contribution in [3.05, 3.63) is 65.7 Å². The lowest BCUT2D eigenvalue weighted by Crippen LogP contribution is -2.23. The molecule has 2 aromatic rings. The summed E-state index contributed by atoms with van der Waals surface area (Å²) in [5.74, 6) is 0.194. The topological polar surface area (TPSA) is 29.1 Å². The Morgan fingerprint density at radius 1 is 0.889 bits per heavy atom. The monoisotopic (exact) mass is 237 g/mol. The fourth-order valence-electron chi connectivity index (χ4n) is 2.51. The molecule has 3 rings (SSSR count). The lowest BCUT2D eigenvalue weighted by atomic mass is 10.1. The number of anilines is 1. The maximum Gasteiger partial charge on any atom is 0.228 e. The van der Waals surface area contributed by atoms with E-state index in [1.54, 1.807) is 0 Å². The highest BCUT2D eigenvalue weighted by atomic mass is 16.1. The predicted octanol–water partition coefficient (Wildman–Crippen LogP) is 3.04. The summed E-state index contributed by atoms with van der Waals surface area (Å²) >= 11 is 0. The highest BCUT2D eigenvalue weighted by Crippen LogP contribution is 2.27. The molecule has 1 aliphatic carbocycles. The normalized spacial score (nSPS) is 14.2. The Balaban J connectivity index is 1.70. The van der Waals surface area contributed by atoms with Crippen LogP contribution >= 0.6 is 0 Å². The van der Waals surface area contributed by atoms with Crippen LogP contribution in [0.3, 0.4) is 0 Å². The quantitative estimate of drug-likeness (QED) is 0.854. The van der Waals surface area contributed by atoms with E-state index < -0.39 is 0 Å². The highest BCUT2D eigenvalue weighted by molar-refractivity contribution is 5.93. The van der Waals surface area contributed by atoms with Gasteiger partial charge in [0, 0.05) is 11.6 Å². The van der Waals surface area contributed by atoms with Crippen LogP contribution in [0.1, 0.15) is 11.1 Å². The van der Waals surface area contributed by atoms with Crippen LogP contribution in [0.15, 0.2) is 54.6 Å². The molecule has 0 saturated carbocycles. The maximum absolute atomic E-state index is 12.2. The van der Waals surface area contributed by atoms with Crippen LogP contribution in [0.4, 0.5) is 5.69 Å². The van der Waals surface area contributed by atoms with Gasteiger partial charge >= 0.3 is 0 Å². The lowest BCUT2D eigenvalue weighted by Gasteiger charge is -2.10. The molecule has 18 heavy (non-hydrogen) atoms. The minimum atomic E-state index is 0.0719. The van der Waals surface area contributed by atoms with Crippen molar-refractivity contribution in [2.24, 2.45) is 5.92 Å². The van der Waals surface area contributed by atoms with E-state index in [1.807, 2.05) is 42.5 Å². The Labute approximate surface area is 107 Å². The van der Waals surface area contributed by atoms with E-state index in [4.69, 9.17) is 0 Å². The Morgan fingerprint density at radius 3 is 2.06 bits per heavy atom. The number of carbonyl (C=O) groups is 1. The van der Waals surface area contributed by atoms with E-state index in [0.29, 0.717) is 0 Å². The van der Waals surface area contributed by atoms with Gasteiger partial charge in [0.2, 0.25) is 5.91 Å². The van der Waals surface area contributed by atoms with Gasteiger partial charge in [-0.05, 0) is 36.1 Å². The number of nitrogens with one attached hydrogen (secondary N) is 1. The average Bonchev–Trinajstić information content (AvgIpc) is 2.84. The largest absolute Gasteiger partial charge is 0.326 e. The summed E-state index contributed by atoms with van der Waals surface area (Å²) in [7, 11) is 0. The molecule has 0 unspecified atom stereocenters. The highest BCUT2D eigenvalue weighted by Gasteiger charge is 2.26. The van der Waals surface area contributed by atoms with Gasteiger partial charge in [-0.15, -0.1) is 0 Å². The molecule has 2 nitrogen and oxygen atoms in total. The molecule has 1 amide bonds. The van der Waals surface area contributed by atoms with Gasteiger partial charge in [0.05, 0.1) is 0 Å². The number of fused-ring (bicyclic) bond motifs is 1. The Bertz CT molecular complexity index is 537. The first kappa shape index (κ1) is 11.0. The second-order valence-electron chi connectivity index (χ2n) is 4.73.